The van der Waals surface area contributed by atoms with Crippen LogP contribution in [0.2, 0.25) is 0 Å². The van der Waals surface area contributed by atoms with E-state index >= 15 is 0 Å². The summed E-state index contributed by atoms with van der Waals surface area (Å²) in [6.45, 7) is 1.41. The van der Waals surface area contributed by atoms with Gasteiger partial charge in [-0.1, -0.05) is 0 Å². The van der Waals surface area contributed by atoms with Crippen molar-refractivity contribution in [3.8, 4) is 0 Å². The molecule has 1 aliphatic heterocycles. The number of fused-ring (bicyclic) bond motifs is 1. The van der Waals surface area contributed by atoms with E-state index in [1.165, 1.54) is 0 Å². The lowest BCUT2D eigenvalue weighted by Crippen LogP contribution is -2.36. The van der Waals surface area contributed by atoms with E-state index in [1.54, 1.807) is 12.4 Å². The third-order valence-electron chi connectivity index (χ3n) is 3.93. The van der Waals surface area contributed by atoms with Gasteiger partial charge in [-0.3, -0.25) is 9.78 Å². The maximum atomic E-state index is 12.4. The Kier molecular flexibility index (Phi) is 4.05. The average molecular weight is 349 g/mol. The van der Waals surface area contributed by atoms with Crippen LogP contribution < -0.4 is 0 Å². The summed E-state index contributed by atoms with van der Waals surface area (Å²) in [5, 5.41) is 0. The van der Waals surface area contributed by atoms with Gasteiger partial charge in [0.15, 0.2) is 4.73 Å². The highest BCUT2D eigenvalue weighted by atomic mass is 79.9. The maximum Gasteiger partial charge on any atom is 0.223 e. The second-order valence-electron chi connectivity index (χ2n) is 5.25. The first kappa shape index (κ1) is 14.3. The Balaban J connectivity index is 1.63. The molecule has 0 radical (unpaired) electrons. The molecule has 5 nitrogen and oxygen atoms in total. The van der Waals surface area contributed by atoms with Crippen LogP contribution in [0, 0.1) is 0 Å². The molecule has 0 bridgehead atoms. The molecule has 0 aliphatic carbocycles. The average Bonchev–Trinajstić information content (AvgIpc) is 2.80. The zero-order valence-corrected chi connectivity index (χ0v) is 13.5. The van der Waals surface area contributed by atoms with Crippen LogP contribution in [0.5, 0.6) is 0 Å². The van der Waals surface area contributed by atoms with E-state index in [0.29, 0.717) is 13.0 Å². The number of rotatable bonds is 3. The van der Waals surface area contributed by atoms with Crippen molar-refractivity contribution in [2.45, 2.75) is 25.8 Å². The summed E-state index contributed by atoms with van der Waals surface area (Å²) in [5.74, 6) is 0.204. The summed E-state index contributed by atoms with van der Waals surface area (Å²) in [4.78, 5) is 22.8. The van der Waals surface area contributed by atoms with E-state index < -0.39 is 0 Å². The minimum atomic E-state index is 0.204. The van der Waals surface area contributed by atoms with Crippen LogP contribution in [-0.2, 0) is 31.2 Å². The molecule has 110 valence electrons. The number of carbonyl (C=O) groups is 1. The number of aromatic nitrogens is 3. The van der Waals surface area contributed by atoms with Gasteiger partial charge in [0.05, 0.1) is 17.9 Å². The highest BCUT2D eigenvalue weighted by Crippen LogP contribution is 2.22. The highest BCUT2D eigenvalue weighted by Gasteiger charge is 2.24. The number of amides is 1. The molecule has 0 saturated carbocycles. The van der Waals surface area contributed by atoms with Crippen molar-refractivity contribution in [2.24, 2.45) is 7.05 Å². The summed E-state index contributed by atoms with van der Waals surface area (Å²) in [5.41, 5.74) is 3.38. The van der Waals surface area contributed by atoms with Gasteiger partial charge < -0.3 is 9.47 Å². The molecular formula is C15H17BrN4O. The van der Waals surface area contributed by atoms with Crippen molar-refractivity contribution in [1.29, 1.82) is 0 Å². The fourth-order valence-corrected chi connectivity index (χ4v) is 3.05. The predicted molar refractivity (Wildman–Crippen MR) is 82.6 cm³/mol. The van der Waals surface area contributed by atoms with Gasteiger partial charge in [0, 0.05) is 38.8 Å². The summed E-state index contributed by atoms with van der Waals surface area (Å²) in [7, 11) is 1.97. The number of halogens is 1. The van der Waals surface area contributed by atoms with Crippen LogP contribution >= 0.6 is 15.9 Å². The number of aryl methyl sites for hydroxylation is 1. The molecule has 0 N–H and O–H groups in total. The second-order valence-corrected chi connectivity index (χ2v) is 5.96. The molecular weight excluding hydrogens is 332 g/mol. The number of nitrogens with zero attached hydrogens (tertiary/aromatic N) is 4. The number of carbonyl (C=O) groups excluding carboxylic acids is 1. The quantitative estimate of drug-likeness (QED) is 0.853. The van der Waals surface area contributed by atoms with E-state index in [2.05, 4.69) is 25.9 Å². The Hall–Kier alpha value is -1.69. The zero-order chi connectivity index (χ0) is 14.8. The predicted octanol–water partition coefficient (Wildman–Crippen LogP) is 2.10. The van der Waals surface area contributed by atoms with E-state index in [-0.39, 0.29) is 5.91 Å². The van der Waals surface area contributed by atoms with Crippen LogP contribution in [0.1, 0.15) is 23.4 Å². The van der Waals surface area contributed by atoms with E-state index in [9.17, 15) is 4.79 Å². The molecule has 0 unspecified atom stereocenters. The van der Waals surface area contributed by atoms with Gasteiger partial charge >= 0.3 is 0 Å². The van der Waals surface area contributed by atoms with E-state index in [4.69, 9.17) is 0 Å². The smallest absolute Gasteiger partial charge is 0.223 e. The number of hydrogen-bond acceptors (Lipinski definition) is 3. The van der Waals surface area contributed by atoms with Gasteiger partial charge in [0.2, 0.25) is 5.91 Å². The van der Waals surface area contributed by atoms with Crippen molar-refractivity contribution in [2.75, 3.05) is 6.54 Å². The van der Waals surface area contributed by atoms with Gasteiger partial charge in [-0.25, -0.2) is 4.98 Å². The summed E-state index contributed by atoms with van der Waals surface area (Å²) >= 11 is 3.44. The first-order valence-electron chi connectivity index (χ1n) is 7.02. The van der Waals surface area contributed by atoms with Gasteiger partial charge in [0.25, 0.3) is 0 Å². The lowest BCUT2D eigenvalue weighted by molar-refractivity contribution is -0.132. The molecule has 0 saturated heterocycles. The summed E-state index contributed by atoms with van der Waals surface area (Å²) in [6.07, 6.45) is 5.66. The maximum absolute atomic E-state index is 12.4. The molecule has 3 rings (SSSR count). The summed E-state index contributed by atoms with van der Waals surface area (Å²) in [6, 6.07) is 3.92. The minimum absolute atomic E-state index is 0.204. The van der Waals surface area contributed by atoms with Crippen molar-refractivity contribution in [1.82, 2.24) is 19.4 Å². The monoisotopic (exact) mass is 348 g/mol. The van der Waals surface area contributed by atoms with Crippen LogP contribution in [0.3, 0.4) is 0 Å². The van der Waals surface area contributed by atoms with Crippen LogP contribution in [0.4, 0.5) is 0 Å². The first-order chi connectivity index (χ1) is 10.1. The molecule has 0 aromatic carbocycles. The van der Waals surface area contributed by atoms with Crippen LogP contribution in [0.15, 0.2) is 29.3 Å². The lowest BCUT2D eigenvalue weighted by atomic mass is 10.1. The zero-order valence-electron chi connectivity index (χ0n) is 11.9. The van der Waals surface area contributed by atoms with E-state index in [1.807, 2.05) is 28.6 Å². The number of imidazole rings is 1. The van der Waals surface area contributed by atoms with Gasteiger partial charge in [0.1, 0.15) is 0 Å². The normalized spacial score (nSPS) is 14.1. The molecule has 1 aliphatic rings. The fraction of sp³-hybridized carbons (Fsp3) is 0.400. The van der Waals surface area contributed by atoms with E-state index in [0.717, 1.165) is 41.1 Å². The Morgan fingerprint density at radius 2 is 2.14 bits per heavy atom. The Bertz CT molecular complexity index is 653. The van der Waals surface area contributed by atoms with Crippen molar-refractivity contribution >= 4 is 21.8 Å². The minimum Gasteiger partial charge on any atom is -0.336 e. The molecule has 3 heterocycles. The molecule has 0 fully saturated rings. The number of hydrogen-bond donors (Lipinski definition) is 0. The standard InChI is InChI=1S/C15H17BrN4O/c1-19-13-10-20(9-6-12(13)18-15(19)16)14(21)3-2-11-4-7-17-8-5-11/h4-5,7-8H,2-3,6,9-10H2,1H3. The third kappa shape index (κ3) is 3.00. The summed E-state index contributed by atoms with van der Waals surface area (Å²) < 4.78 is 2.84. The largest absolute Gasteiger partial charge is 0.336 e. The van der Waals surface area contributed by atoms with Crippen molar-refractivity contribution in [3.05, 3.63) is 46.2 Å². The highest BCUT2D eigenvalue weighted by molar-refractivity contribution is 9.10. The molecule has 0 atom stereocenters. The SMILES string of the molecule is Cn1c(Br)nc2c1CN(C(=O)CCc1ccncc1)CC2. The molecule has 6 heteroatoms. The Morgan fingerprint density at radius 1 is 1.38 bits per heavy atom. The molecule has 1 amide bonds. The van der Waals surface area contributed by atoms with Gasteiger partial charge in [-0.15, -0.1) is 0 Å². The second kappa shape index (κ2) is 5.97. The van der Waals surface area contributed by atoms with Crippen molar-refractivity contribution < 1.29 is 4.79 Å². The topological polar surface area (TPSA) is 51.0 Å². The third-order valence-corrected chi connectivity index (χ3v) is 4.64. The van der Waals surface area contributed by atoms with Crippen molar-refractivity contribution in [3.63, 3.8) is 0 Å². The molecule has 21 heavy (non-hydrogen) atoms. The van der Waals surface area contributed by atoms with Crippen LogP contribution in [0.25, 0.3) is 0 Å². The molecule has 0 spiro atoms. The molecule has 2 aromatic heterocycles. The number of pyridine rings is 1. The lowest BCUT2D eigenvalue weighted by Gasteiger charge is -2.27. The van der Waals surface area contributed by atoms with Gasteiger partial charge in [-0.2, -0.15) is 0 Å². The first-order valence-corrected chi connectivity index (χ1v) is 7.81. The van der Waals surface area contributed by atoms with Gasteiger partial charge in [-0.05, 0) is 40.0 Å². The Morgan fingerprint density at radius 3 is 2.90 bits per heavy atom. The Labute approximate surface area is 132 Å². The fourth-order valence-electron chi connectivity index (χ4n) is 2.63. The molecule has 2 aromatic rings. The van der Waals surface area contributed by atoms with Crippen LogP contribution in [-0.4, -0.2) is 31.9 Å².